The molecule has 2 rings (SSSR count). The van der Waals surface area contributed by atoms with E-state index in [-0.39, 0.29) is 11.9 Å². The number of benzene rings is 1. The first kappa shape index (κ1) is 14.2. The van der Waals surface area contributed by atoms with Gasteiger partial charge in [-0.3, -0.25) is 4.79 Å². The fraction of sp³-hybridized carbons (Fsp3) is 0.231. The van der Waals surface area contributed by atoms with Crippen LogP contribution < -0.4 is 11.1 Å². The summed E-state index contributed by atoms with van der Waals surface area (Å²) in [5.74, 6) is -0.177. The molecule has 0 saturated heterocycles. The Hall–Kier alpha value is -1.24. The van der Waals surface area contributed by atoms with E-state index in [2.05, 4.69) is 26.2 Å². The molecule has 3 N–H and O–H groups in total. The van der Waals surface area contributed by atoms with Gasteiger partial charge in [-0.15, -0.1) is 11.3 Å². The van der Waals surface area contributed by atoms with Gasteiger partial charge in [0, 0.05) is 16.4 Å². The van der Waals surface area contributed by atoms with Crippen molar-refractivity contribution in [3.63, 3.8) is 0 Å². The Morgan fingerprint density at radius 3 is 3.00 bits per heavy atom. The summed E-state index contributed by atoms with van der Waals surface area (Å²) in [7, 11) is 0. The van der Waals surface area contributed by atoms with Gasteiger partial charge < -0.3 is 11.1 Å². The molecule has 0 bridgehead atoms. The number of amides is 1. The van der Waals surface area contributed by atoms with Gasteiger partial charge in [-0.2, -0.15) is 0 Å². The summed E-state index contributed by atoms with van der Waals surface area (Å²) in [6.07, 6.45) is 0. The summed E-state index contributed by atoms with van der Waals surface area (Å²) < 4.78 is 0.991. The van der Waals surface area contributed by atoms with Gasteiger partial charge in [-0.05, 0) is 24.6 Å². The highest BCUT2D eigenvalue weighted by Crippen LogP contribution is 2.18. The molecule has 1 aromatic carbocycles. The average Bonchev–Trinajstić information content (AvgIpc) is 2.87. The normalized spacial score (nSPS) is 12.2. The summed E-state index contributed by atoms with van der Waals surface area (Å²) in [5.41, 5.74) is 6.95. The number of hydrogen-bond donors (Lipinski definition) is 2. The van der Waals surface area contributed by atoms with Gasteiger partial charge in [0.1, 0.15) is 10.7 Å². The minimum absolute atomic E-state index is 0.0759. The first-order chi connectivity index (χ1) is 9.10. The topological polar surface area (TPSA) is 68.0 Å². The number of carbonyl (C=O) groups excluding carboxylic acids is 1. The van der Waals surface area contributed by atoms with Crippen LogP contribution in [0.5, 0.6) is 0 Å². The number of carbonyl (C=O) groups is 1. The van der Waals surface area contributed by atoms with Gasteiger partial charge in [0.05, 0.1) is 6.04 Å². The predicted octanol–water partition coefficient (Wildman–Crippen LogP) is 2.86. The van der Waals surface area contributed by atoms with Crippen molar-refractivity contribution >= 4 is 33.2 Å². The minimum atomic E-state index is -0.177. The van der Waals surface area contributed by atoms with E-state index in [9.17, 15) is 4.79 Å². The summed E-state index contributed by atoms with van der Waals surface area (Å²) in [5, 5.41) is 5.41. The number of hydrogen-bond acceptors (Lipinski definition) is 4. The van der Waals surface area contributed by atoms with Crippen molar-refractivity contribution in [2.45, 2.75) is 19.5 Å². The van der Waals surface area contributed by atoms with E-state index in [0.717, 1.165) is 15.0 Å². The van der Waals surface area contributed by atoms with Gasteiger partial charge >= 0.3 is 0 Å². The number of rotatable bonds is 4. The van der Waals surface area contributed by atoms with Crippen LogP contribution in [0.1, 0.15) is 34.0 Å². The zero-order chi connectivity index (χ0) is 13.8. The Labute approximate surface area is 124 Å². The zero-order valence-corrected chi connectivity index (χ0v) is 12.8. The molecule has 19 heavy (non-hydrogen) atoms. The Balaban J connectivity index is 2.06. The van der Waals surface area contributed by atoms with Crippen LogP contribution in [0.25, 0.3) is 0 Å². The lowest BCUT2D eigenvalue weighted by molar-refractivity contribution is 0.0935. The van der Waals surface area contributed by atoms with E-state index in [1.807, 2.05) is 31.2 Å². The molecular formula is C13H14BrN3OS. The van der Waals surface area contributed by atoms with E-state index in [1.54, 1.807) is 5.38 Å². The molecule has 2 aromatic rings. The molecule has 0 unspecified atom stereocenters. The first-order valence-electron chi connectivity index (χ1n) is 5.81. The lowest BCUT2D eigenvalue weighted by Crippen LogP contribution is -2.27. The maximum absolute atomic E-state index is 12.0. The maximum Gasteiger partial charge on any atom is 0.271 e. The van der Waals surface area contributed by atoms with E-state index in [0.29, 0.717) is 12.2 Å². The van der Waals surface area contributed by atoms with Crippen LogP contribution in [-0.4, -0.2) is 10.9 Å². The maximum atomic E-state index is 12.0. The second kappa shape index (κ2) is 6.27. The average molecular weight is 340 g/mol. The highest BCUT2D eigenvalue weighted by molar-refractivity contribution is 9.10. The molecular weight excluding hydrogens is 326 g/mol. The van der Waals surface area contributed by atoms with Gasteiger partial charge in [0.25, 0.3) is 5.91 Å². The Kier molecular flexibility index (Phi) is 4.68. The zero-order valence-electron chi connectivity index (χ0n) is 10.4. The summed E-state index contributed by atoms with van der Waals surface area (Å²) in [6, 6.07) is 7.77. The third-order valence-corrected chi connectivity index (χ3v) is 4.02. The second-order valence-corrected chi connectivity index (χ2v) is 5.94. The van der Waals surface area contributed by atoms with Gasteiger partial charge in [0.15, 0.2) is 0 Å². The fourth-order valence-electron chi connectivity index (χ4n) is 1.64. The molecule has 6 heteroatoms. The lowest BCUT2D eigenvalue weighted by Gasteiger charge is -2.13. The number of nitrogens with one attached hydrogen (secondary N) is 1. The number of halogens is 1. The molecule has 0 saturated carbocycles. The summed E-state index contributed by atoms with van der Waals surface area (Å²) in [4.78, 5) is 16.2. The van der Waals surface area contributed by atoms with Crippen LogP contribution in [-0.2, 0) is 6.54 Å². The van der Waals surface area contributed by atoms with Crippen molar-refractivity contribution in [3.8, 4) is 0 Å². The van der Waals surface area contributed by atoms with Crippen molar-refractivity contribution in [1.82, 2.24) is 10.3 Å². The summed E-state index contributed by atoms with van der Waals surface area (Å²) in [6.45, 7) is 2.30. The molecule has 4 nitrogen and oxygen atoms in total. The van der Waals surface area contributed by atoms with Gasteiger partial charge in [-0.25, -0.2) is 4.98 Å². The number of nitrogens with two attached hydrogens (primary N) is 1. The molecule has 0 aliphatic carbocycles. The van der Waals surface area contributed by atoms with Crippen molar-refractivity contribution in [3.05, 3.63) is 50.4 Å². The van der Waals surface area contributed by atoms with Crippen LogP contribution >= 0.6 is 27.3 Å². The molecule has 0 aliphatic rings. The molecule has 1 amide bonds. The van der Waals surface area contributed by atoms with Crippen molar-refractivity contribution in [1.29, 1.82) is 0 Å². The molecule has 1 atom stereocenters. The third kappa shape index (κ3) is 3.62. The van der Waals surface area contributed by atoms with Crippen molar-refractivity contribution in [2.24, 2.45) is 5.73 Å². The molecule has 1 heterocycles. The van der Waals surface area contributed by atoms with Gasteiger partial charge in [-0.1, -0.05) is 28.1 Å². The molecule has 0 spiro atoms. The largest absolute Gasteiger partial charge is 0.344 e. The van der Waals surface area contributed by atoms with E-state index in [4.69, 9.17) is 5.73 Å². The molecule has 0 aliphatic heterocycles. The highest BCUT2D eigenvalue weighted by Gasteiger charge is 2.14. The van der Waals surface area contributed by atoms with Crippen LogP contribution in [0.2, 0.25) is 0 Å². The fourth-order valence-corrected chi connectivity index (χ4v) is 2.71. The SMILES string of the molecule is C[C@@H](NC(=O)c1csc(CN)n1)c1cccc(Br)c1. The van der Waals surface area contributed by atoms with Crippen molar-refractivity contribution in [2.75, 3.05) is 0 Å². The van der Waals surface area contributed by atoms with Crippen LogP contribution in [0.3, 0.4) is 0 Å². The molecule has 1 aromatic heterocycles. The van der Waals surface area contributed by atoms with E-state index < -0.39 is 0 Å². The smallest absolute Gasteiger partial charge is 0.271 e. The van der Waals surface area contributed by atoms with Crippen LogP contribution in [0, 0.1) is 0 Å². The van der Waals surface area contributed by atoms with Crippen molar-refractivity contribution < 1.29 is 4.79 Å². The van der Waals surface area contributed by atoms with Crippen LogP contribution in [0.4, 0.5) is 0 Å². The van der Waals surface area contributed by atoms with Crippen LogP contribution in [0.15, 0.2) is 34.1 Å². The van der Waals surface area contributed by atoms with E-state index in [1.165, 1.54) is 11.3 Å². The van der Waals surface area contributed by atoms with Gasteiger partial charge in [0.2, 0.25) is 0 Å². The summed E-state index contributed by atoms with van der Waals surface area (Å²) >= 11 is 4.82. The Morgan fingerprint density at radius 1 is 1.58 bits per heavy atom. The molecule has 100 valence electrons. The number of thiazole rings is 1. The minimum Gasteiger partial charge on any atom is -0.344 e. The Bertz CT molecular complexity index is 585. The number of aromatic nitrogens is 1. The standard InChI is InChI=1S/C13H14BrN3OS/c1-8(9-3-2-4-10(14)5-9)16-13(18)11-7-19-12(6-15)17-11/h2-5,7-8H,6,15H2,1H3,(H,16,18)/t8-/m1/s1. The lowest BCUT2D eigenvalue weighted by atomic mass is 10.1. The predicted molar refractivity (Wildman–Crippen MR) is 80.0 cm³/mol. The molecule has 0 radical (unpaired) electrons. The second-order valence-electron chi connectivity index (χ2n) is 4.08. The van der Waals surface area contributed by atoms with E-state index >= 15 is 0 Å². The monoisotopic (exact) mass is 339 g/mol. The number of nitrogens with zero attached hydrogens (tertiary/aromatic N) is 1. The highest BCUT2D eigenvalue weighted by atomic mass is 79.9. The molecule has 0 fully saturated rings. The Morgan fingerprint density at radius 2 is 2.37 bits per heavy atom. The quantitative estimate of drug-likeness (QED) is 0.899. The first-order valence-corrected chi connectivity index (χ1v) is 7.48. The third-order valence-electron chi connectivity index (χ3n) is 2.66.